The van der Waals surface area contributed by atoms with Crippen LogP contribution in [0.3, 0.4) is 0 Å². The Labute approximate surface area is 97.0 Å². The normalized spacial score (nSPS) is 21.2. The fourth-order valence-corrected chi connectivity index (χ4v) is 2.17. The summed E-state index contributed by atoms with van der Waals surface area (Å²) in [6, 6.07) is 0. The molecule has 92 valence electrons. The second kappa shape index (κ2) is 5.80. The van der Waals surface area contributed by atoms with E-state index < -0.39 is 0 Å². The maximum Gasteiger partial charge on any atom is 0.199 e. The molecule has 0 fully saturated rings. The third kappa shape index (κ3) is 2.32. The molecule has 2 N–H and O–H groups in total. The van der Waals surface area contributed by atoms with Crippen molar-refractivity contribution in [3.05, 3.63) is 22.9 Å². The third-order valence-electron chi connectivity index (χ3n) is 2.83. The molecule has 1 atom stereocenters. The van der Waals surface area contributed by atoms with Crippen LogP contribution in [0, 0.1) is 5.92 Å². The average Bonchev–Trinajstić information content (AvgIpc) is 2.28. The second-order valence-corrected chi connectivity index (χ2v) is 3.88. The molecule has 16 heavy (non-hydrogen) atoms. The van der Waals surface area contributed by atoms with Crippen molar-refractivity contribution >= 4 is 0 Å². The van der Waals surface area contributed by atoms with Crippen LogP contribution in [0.25, 0.3) is 0 Å². The van der Waals surface area contributed by atoms with Gasteiger partial charge in [-0.2, -0.15) is 0 Å². The van der Waals surface area contributed by atoms with Gasteiger partial charge in [0.15, 0.2) is 11.5 Å². The maximum absolute atomic E-state index is 5.60. The van der Waals surface area contributed by atoms with Crippen molar-refractivity contribution in [3.63, 3.8) is 0 Å². The van der Waals surface area contributed by atoms with Crippen molar-refractivity contribution in [2.75, 3.05) is 27.9 Å². The van der Waals surface area contributed by atoms with Gasteiger partial charge in [-0.25, -0.2) is 0 Å². The molecule has 0 spiro atoms. The summed E-state index contributed by atoms with van der Waals surface area (Å²) in [4.78, 5) is 0. The summed E-state index contributed by atoms with van der Waals surface area (Å²) in [6.07, 6.45) is 1.74. The number of methoxy groups -OCH3 is 3. The minimum absolute atomic E-state index is 0.306. The molecule has 0 saturated carbocycles. The number of hydrogen-bond donors (Lipinski definition) is 1. The standard InChI is InChI=1S/C12H21NO3/c1-8-7-9(5-6-13)11(15-3)12(16-4)10(8)14-2/h8H,5-7,13H2,1-4H3. The zero-order valence-corrected chi connectivity index (χ0v) is 10.5. The summed E-state index contributed by atoms with van der Waals surface area (Å²) in [5.41, 5.74) is 6.80. The number of hydrogen-bond acceptors (Lipinski definition) is 4. The molecule has 0 radical (unpaired) electrons. The van der Waals surface area contributed by atoms with Gasteiger partial charge >= 0.3 is 0 Å². The van der Waals surface area contributed by atoms with E-state index in [1.165, 1.54) is 5.57 Å². The van der Waals surface area contributed by atoms with Gasteiger partial charge < -0.3 is 19.9 Å². The molecule has 0 aromatic heterocycles. The first-order valence-corrected chi connectivity index (χ1v) is 5.48. The van der Waals surface area contributed by atoms with Crippen molar-refractivity contribution in [1.82, 2.24) is 0 Å². The van der Waals surface area contributed by atoms with Crippen LogP contribution in [0.5, 0.6) is 0 Å². The zero-order chi connectivity index (χ0) is 12.1. The van der Waals surface area contributed by atoms with Gasteiger partial charge in [0.25, 0.3) is 0 Å². The van der Waals surface area contributed by atoms with E-state index in [9.17, 15) is 0 Å². The lowest BCUT2D eigenvalue weighted by atomic mass is 9.90. The van der Waals surface area contributed by atoms with Gasteiger partial charge in [0.1, 0.15) is 5.76 Å². The molecule has 0 aromatic rings. The molecule has 1 rings (SSSR count). The summed E-state index contributed by atoms with van der Waals surface area (Å²) in [5, 5.41) is 0. The highest BCUT2D eigenvalue weighted by molar-refractivity contribution is 5.34. The molecule has 1 unspecified atom stereocenters. The molecule has 0 aliphatic heterocycles. The summed E-state index contributed by atoms with van der Waals surface area (Å²) >= 11 is 0. The molecular weight excluding hydrogens is 206 g/mol. The molecule has 0 heterocycles. The van der Waals surface area contributed by atoms with Gasteiger partial charge in [-0.3, -0.25) is 0 Å². The monoisotopic (exact) mass is 227 g/mol. The predicted molar refractivity (Wildman–Crippen MR) is 62.5 cm³/mol. The summed E-state index contributed by atoms with van der Waals surface area (Å²) in [7, 11) is 4.94. The molecule has 4 nitrogen and oxygen atoms in total. The average molecular weight is 227 g/mol. The van der Waals surface area contributed by atoms with Gasteiger partial charge in [0.05, 0.1) is 21.3 Å². The molecular formula is C12H21NO3. The van der Waals surface area contributed by atoms with Crippen LogP contribution in [-0.2, 0) is 14.2 Å². The lowest BCUT2D eigenvalue weighted by molar-refractivity contribution is 0.154. The number of ether oxygens (including phenoxy) is 3. The highest BCUT2D eigenvalue weighted by Crippen LogP contribution is 2.36. The van der Waals surface area contributed by atoms with E-state index >= 15 is 0 Å². The van der Waals surface area contributed by atoms with Crippen LogP contribution in [0.2, 0.25) is 0 Å². The minimum atomic E-state index is 0.306. The largest absolute Gasteiger partial charge is 0.497 e. The minimum Gasteiger partial charge on any atom is -0.497 e. The van der Waals surface area contributed by atoms with Crippen molar-refractivity contribution in [1.29, 1.82) is 0 Å². The smallest absolute Gasteiger partial charge is 0.199 e. The van der Waals surface area contributed by atoms with Crippen LogP contribution in [0.4, 0.5) is 0 Å². The number of rotatable bonds is 5. The predicted octanol–water partition coefficient (Wildman–Crippen LogP) is 1.78. The lowest BCUT2D eigenvalue weighted by Gasteiger charge is -2.27. The van der Waals surface area contributed by atoms with E-state index in [2.05, 4.69) is 6.92 Å². The summed E-state index contributed by atoms with van der Waals surface area (Å²) < 4.78 is 16.2. The van der Waals surface area contributed by atoms with Gasteiger partial charge in [-0.1, -0.05) is 6.92 Å². The summed E-state index contributed by atoms with van der Waals surface area (Å²) in [5.74, 6) is 2.63. The quantitative estimate of drug-likeness (QED) is 0.778. The first-order chi connectivity index (χ1) is 7.69. The Morgan fingerprint density at radius 1 is 1.12 bits per heavy atom. The Hall–Kier alpha value is -1.16. The van der Waals surface area contributed by atoms with Crippen LogP contribution in [0.15, 0.2) is 22.9 Å². The van der Waals surface area contributed by atoms with Crippen molar-refractivity contribution in [2.24, 2.45) is 11.7 Å². The van der Waals surface area contributed by atoms with E-state index in [0.29, 0.717) is 18.2 Å². The van der Waals surface area contributed by atoms with Crippen molar-refractivity contribution in [3.8, 4) is 0 Å². The maximum atomic E-state index is 5.60. The Kier molecular flexibility index (Phi) is 4.68. The first kappa shape index (κ1) is 12.9. The third-order valence-corrected chi connectivity index (χ3v) is 2.83. The van der Waals surface area contributed by atoms with E-state index in [-0.39, 0.29) is 0 Å². The topological polar surface area (TPSA) is 53.7 Å². The van der Waals surface area contributed by atoms with Crippen LogP contribution >= 0.6 is 0 Å². The number of allylic oxidation sites excluding steroid dienone is 1. The molecule has 0 bridgehead atoms. The highest BCUT2D eigenvalue weighted by atomic mass is 16.5. The molecule has 1 aliphatic rings. The van der Waals surface area contributed by atoms with Gasteiger partial charge in [0, 0.05) is 5.92 Å². The van der Waals surface area contributed by atoms with E-state index in [0.717, 1.165) is 24.4 Å². The van der Waals surface area contributed by atoms with Crippen LogP contribution in [0.1, 0.15) is 19.8 Å². The molecule has 1 aliphatic carbocycles. The fraction of sp³-hybridized carbons (Fsp3) is 0.667. The molecule has 0 saturated heterocycles. The zero-order valence-electron chi connectivity index (χ0n) is 10.5. The fourth-order valence-electron chi connectivity index (χ4n) is 2.17. The van der Waals surface area contributed by atoms with Crippen molar-refractivity contribution < 1.29 is 14.2 Å². The van der Waals surface area contributed by atoms with Crippen LogP contribution < -0.4 is 5.73 Å². The summed E-state index contributed by atoms with van der Waals surface area (Å²) in [6.45, 7) is 2.73. The Morgan fingerprint density at radius 3 is 2.19 bits per heavy atom. The lowest BCUT2D eigenvalue weighted by Crippen LogP contribution is -2.18. The van der Waals surface area contributed by atoms with E-state index in [4.69, 9.17) is 19.9 Å². The second-order valence-electron chi connectivity index (χ2n) is 3.88. The number of nitrogens with two attached hydrogens (primary N) is 1. The Morgan fingerprint density at radius 2 is 1.75 bits per heavy atom. The SMILES string of the molecule is COC1=C(CCN)CC(C)C(OC)=C1OC. The van der Waals surface area contributed by atoms with Gasteiger partial charge in [-0.05, 0) is 25.0 Å². The van der Waals surface area contributed by atoms with Gasteiger partial charge in [-0.15, -0.1) is 0 Å². The van der Waals surface area contributed by atoms with Crippen molar-refractivity contribution in [2.45, 2.75) is 19.8 Å². The highest BCUT2D eigenvalue weighted by Gasteiger charge is 2.29. The van der Waals surface area contributed by atoms with E-state index in [1.54, 1.807) is 21.3 Å². The Bertz CT molecular complexity index is 307. The molecule has 0 aromatic carbocycles. The molecule has 4 heteroatoms. The van der Waals surface area contributed by atoms with Crippen LogP contribution in [-0.4, -0.2) is 27.9 Å². The first-order valence-electron chi connectivity index (χ1n) is 5.48. The van der Waals surface area contributed by atoms with Gasteiger partial charge in [0.2, 0.25) is 0 Å². The Balaban J connectivity index is 3.15. The molecule has 0 amide bonds. The van der Waals surface area contributed by atoms with E-state index in [1.807, 2.05) is 0 Å².